The third-order valence-corrected chi connectivity index (χ3v) is 4.82. The quantitative estimate of drug-likeness (QED) is 0.869. The van der Waals surface area contributed by atoms with Crippen LogP contribution < -0.4 is 14.2 Å². The Morgan fingerprint density at radius 3 is 2.52 bits per heavy atom. The molecule has 1 aromatic carbocycles. The molecule has 0 aliphatic heterocycles. The summed E-state index contributed by atoms with van der Waals surface area (Å²) >= 11 is 0. The predicted octanol–water partition coefficient (Wildman–Crippen LogP) is 2.93. The van der Waals surface area contributed by atoms with Crippen LogP contribution in [0.5, 0.6) is 17.5 Å². The van der Waals surface area contributed by atoms with Crippen LogP contribution in [0, 0.1) is 6.92 Å². The van der Waals surface area contributed by atoms with Crippen LogP contribution in [0.4, 0.5) is 0 Å². The molecular weight excluding hydrogens is 322 g/mol. The minimum Gasteiger partial charge on any atom is -0.496 e. The monoisotopic (exact) mass is 343 g/mol. The molecule has 2 atom stereocenters. The normalized spacial score (nSPS) is 21.5. The van der Waals surface area contributed by atoms with Crippen LogP contribution in [-0.4, -0.2) is 37.4 Å². The van der Waals surface area contributed by atoms with E-state index in [1.54, 1.807) is 13.2 Å². The van der Waals surface area contributed by atoms with Gasteiger partial charge in [-0.1, -0.05) is 17.7 Å². The fraction of sp³-hybridized carbons (Fsp3) is 0.368. The number of rotatable bonds is 6. The predicted molar refractivity (Wildman–Crippen MR) is 91.7 cm³/mol. The van der Waals surface area contributed by atoms with Gasteiger partial charge in [0.2, 0.25) is 11.8 Å². The van der Waals surface area contributed by atoms with Crippen molar-refractivity contribution in [3.05, 3.63) is 47.0 Å². The number of carbonyl (C=O) groups is 1. The third kappa shape index (κ3) is 2.67. The first-order valence-corrected chi connectivity index (χ1v) is 7.95. The lowest BCUT2D eigenvalue weighted by Crippen LogP contribution is -2.23. The summed E-state index contributed by atoms with van der Waals surface area (Å²) in [5.74, 6) is 0.277. The Balaban J connectivity index is 2.10. The highest BCUT2D eigenvalue weighted by atomic mass is 16.5. The van der Waals surface area contributed by atoms with Gasteiger partial charge in [0.1, 0.15) is 11.2 Å². The first-order chi connectivity index (χ1) is 12.0. The number of methoxy groups -OCH3 is 3. The maximum Gasteiger partial charge on any atom is 0.314 e. The van der Waals surface area contributed by atoms with Crippen molar-refractivity contribution in [2.45, 2.75) is 24.7 Å². The van der Waals surface area contributed by atoms with Crippen molar-refractivity contribution in [1.29, 1.82) is 0 Å². The van der Waals surface area contributed by atoms with E-state index in [2.05, 4.69) is 4.98 Å². The van der Waals surface area contributed by atoms with Crippen LogP contribution in [0.25, 0.3) is 0 Å². The van der Waals surface area contributed by atoms with Crippen molar-refractivity contribution in [2.75, 3.05) is 21.3 Å². The number of nitrogens with zero attached hydrogens (tertiary/aromatic N) is 1. The zero-order chi connectivity index (χ0) is 18.2. The maximum absolute atomic E-state index is 12.2. The molecule has 0 bridgehead atoms. The summed E-state index contributed by atoms with van der Waals surface area (Å²) in [7, 11) is 4.59. The number of aryl methyl sites for hydroxylation is 1. The zero-order valence-electron chi connectivity index (χ0n) is 14.7. The molecule has 3 rings (SSSR count). The van der Waals surface area contributed by atoms with Crippen LogP contribution >= 0.6 is 0 Å². The van der Waals surface area contributed by atoms with Crippen LogP contribution in [0.3, 0.4) is 0 Å². The van der Waals surface area contributed by atoms with E-state index >= 15 is 0 Å². The summed E-state index contributed by atoms with van der Waals surface area (Å²) < 4.78 is 15.9. The lowest BCUT2D eigenvalue weighted by Gasteiger charge is -2.18. The van der Waals surface area contributed by atoms with Gasteiger partial charge < -0.3 is 19.3 Å². The highest BCUT2D eigenvalue weighted by Gasteiger charge is 2.64. The molecule has 1 fully saturated rings. The number of hydrogen-bond donors (Lipinski definition) is 1. The van der Waals surface area contributed by atoms with Gasteiger partial charge in [0.15, 0.2) is 0 Å². The summed E-state index contributed by atoms with van der Waals surface area (Å²) in [6.07, 6.45) is 0.465. The molecular formula is C19H21NO5. The zero-order valence-corrected chi connectivity index (χ0v) is 14.7. The van der Waals surface area contributed by atoms with Crippen LogP contribution in [-0.2, 0) is 10.2 Å². The number of carboxylic acids is 1. The van der Waals surface area contributed by atoms with Crippen molar-refractivity contribution in [3.63, 3.8) is 0 Å². The molecule has 1 aromatic heterocycles. The average Bonchev–Trinajstić information content (AvgIpc) is 3.37. The first kappa shape index (κ1) is 17.1. The Labute approximate surface area is 146 Å². The summed E-state index contributed by atoms with van der Waals surface area (Å²) in [5, 5.41) is 10.0. The minimum atomic E-state index is -1.04. The van der Waals surface area contributed by atoms with E-state index < -0.39 is 11.4 Å². The number of ether oxygens (including phenoxy) is 3. The second kappa shape index (κ2) is 6.27. The molecule has 1 N–H and O–H groups in total. The molecule has 6 heteroatoms. The fourth-order valence-electron chi connectivity index (χ4n) is 3.43. The summed E-state index contributed by atoms with van der Waals surface area (Å²) in [4.78, 5) is 16.5. The largest absolute Gasteiger partial charge is 0.496 e. The van der Waals surface area contributed by atoms with Crippen LogP contribution in [0.1, 0.15) is 29.0 Å². The van der Waals surface area contributed by atoms with Gasteiger partial charge in [-0.25, -0.2) is 0 Å². The smallest absolute Gasteiger partial charge is 0.314 e. The van der Waals surface area contributed by atoms with Gasteiger partial charge in [-0.2, -0.15) is 4.98 Å². The maximum atomic E-state index is 12.2. The molecule has 0 radical (unpaired) electrons. The second-order valence-electron chi connectivity index (χ2n) is 6.19. The number of pyridine rings is 1. The lowest BCUT2D eigenvalue weighted by atomic mass is 9.89. The average molecular weight is 343 g/mol. The standard InChI is InChI=1S/C19H21NO5/c1-11-5-7-15(23-2)13(9-11)19(18(21)22)10-14(19)12-6-8-16(24-3)20-17(12)25-4/h5-9,14H,10H2,1-4H3,(H,21,22). The molecule has 0 spiro atoms. The molecule has 2 unspecified atom stereocenters. The SMILES string of the molecule is COc1ccc(C2CC2(C(=O)O)c2cc(C)ccc2OC)c(OC)n1. The Bertz CT molecular complexity index is 819. The minimum absolute atomic E-state index is 0.242. The van der Waals surface area contributed by atoms with Crippen molar-refractivity contribution in [2.24, 2.45) is 0 Å². The molecule has 2 aromatic rings. The van der Waals surface area contributed by atoms with E-state index in [1.807, 2.05) is 31.2 Å². The molecule has 0 amide bonds. The van der Waals surface area contributed by atoms with Gasteiger partial charge in [0.05, 0.1) is 21.3 Å². The van der Waals surface area contributed by atoms with Gasteiger partial charge >= 0.3 is 5.97 Å². The summed E-state index contributed by atoms with van der Waals surface area (Å²) in [6.45, 7) is 1.94. The molecule has 0 saturated heterocycles. The van der Waals surface area contributed by atoms with Gasteiger partial charge in [-0.05, 0) is 25.5 Å². The Morgan fingerprint density at radius 1 is 1.16 bits per heavy atom. The van der Waals surface area contributed by atoms with Gasteiger partial charge in [0, 0.05) is 23.1 Å². The number of aromatic nitrogens is 1. The summed E-state index contributed by atoms with van der Waals surface area (Å²) in [5.41, 5.74) is 1.39. The molecule has 132 valence electrons. The van der Waals surface area contributed by atoms with Crippen LogP contribution in [0.2, 0.25) is 0 Å². The van der Waals surface area contributed by atoms with Gasteiger partial charge in [-0.15, -0.1) is 0 Å². The van der Waals surface area contributed by atoms with E-state index in [4.69, 9.17) is 14.2 Å². The molecule has 1 aliphatic carbocycles. The molecule has 6 nitrogen and oxygen atoms in total. The number of carboxylic acid groups (broad SMARTS) is 1. The topological polar surface area (TPSA) is 77.9 Å². The molecule has 1 aliphatic rings. The fourth-order valence-corrected chi connectivity index (χ4v) is 3.43. The number of aliphatic carboxylic acids is 1. The van der Waals surface area contributed by atoms with Crippen molar-refractivity contribution < 1.29 is 24.1 Å². The van der Waals surface area contributed by atoms with Gasteiger partial charge in [-0.3, -0.25) is 4.79 Å². The third-order valence-electron chi connectivity index (χ3n) is 4.82. The Hall–Kier alpha value is -2.76. The number of benzene rings is 1. The lowest BCUT2D eigenvalue weighted by molar-refractivity contribution is -0.140. The van der Waals surface area contributed by atoms with Crippen LogP contribution in [0.15, 0.2) is 30.3 Å². The van der Waals surface area contributed by atoms with Crippen molar-refractivity contribution in [1.82, 2.24) is 4.98 Å². The highest BCUT2D eigenvalue weighted by Crippen LogP contribution is 2.63. The van der Waals surface area contributed by atoms with E-state index in [0.29, 0.717) is 29.5 Å². The van der Waals surface area contributed by atoms with E-state index in [0.717, 1.165) is 11.1 Å². The van der Waals surface area contributed by atoms with Crippen molar-refractivity contribution >= 4 is 5.97 Å². The highest BCUT2D eigenvalue weighted by molar-refractivity contribution is 5.89. The number of hydrogen-bond acceptors (Lipinski definition) is 5. The Kier molecular flexibility index (Phi) is 4.29. The van der Waals surface area contributed by atoms with E-state index in [9.17, 15) is 9.90 Å². The molecule has 1 heterocycles. The molecule has 25 heavy (non-hydrogen) atoms. The van der Waals surface area contributed by atoms with Gasteiger partial charge in [0.25, 0.3) is 0 Å². The van der Waals surface area contributed by atoms with E-state index in [1.165, 1.54) is 14.2 Å². The first-order valence-electron chi connectivity index (χ1n) is 7.95. The van der Waals surface area contributed by atoms with Crippen molar-refractivity contribution in [3.8, 4) is 17.5 Å². The van der Waals surface area contributed by atoms with E-state index in [-0.39, 0.29) is 5.92 Å². The summed E-state index contributed by atoms with van der Waals surface area (Å²) in [6, 6.07) is 9.15. The molecule has 1 saturated carbocycles. The second-order valence-corrected chi connectivity index (χ2v) is 6.19. The Morgan fingerprint density at radius 2 is 1.92 bits per heavy atom.